The van der Waals surface area contributed by atoms with Crippen LogP contribution in [0.5, 0.6) is 0 Å². The van der Waals surface area contributed by atoms with Gasteiger partial charge in [0.1, 0.15) is 0 Å². The fourth-order valence-corrected chi connectivity index (χ4v) is 5.54. The quantitative estimate of drug-likeness (QED) is 0.518. The molecule has 2 saturated carbocycles. The van der Waals surface area contributed by atoms with Crippen molar-refractivity contribution in [1.82, 2.24) is 4.90 Å². The van der Waals surface area contributed by atoms with E-state index < -0.39 is 18.5 Å². The van der Waals surface area contributed by atoms with E-state index in [2.05, 4.69) is 21.2 Å². The predicted octanol–water partition coefficient (Wildman–Crippen LogP) is 2.66. The Labute approximate surface area is 177 Å². The van der Waals surface area contributed by atoms with Gasteiger partial charge in [0, 0.05) is 16.7 Å². The molecule has 3 amide bonds. The van der Waals surface area contributed by atoms with Crippen molar-refractivity contribution in [2.24, 2.45) is 23.7 Å². The van der Waals surface area contributed by atoms with Gasteiger partial charge in [0.2, 0.25) is 11.8 Å². The van der Waals surface area contributed by atoms with E-state index in [-0.39, 0.29) is 36.6 Å². The lowest BCUT2D eigenvalue weighted by Gasteiger charge is -2.19. The van der Waals surface area contributed by atoms with Crippen molar-refractivity contribution < 1.29 is 23.9 Å². The molecule has 1 saturated heterocycles. The molecule has 0 unspecified atom stereocenters. The lowest BCUT2D eigenvalue weighted by molar-refractivity contribution is -0.149. The lowest BCUT2D eigenvalue weighted by Crippen LogP contribution is -2.35. The summed E-state index contributed by atoms with van der Waals surface area (Å²) in [5.41, 5.74) is 1.52. The van der Waals surface area contributed by atoms with Crippen LogP contribution >= 0.6 is 15.9 Å². The van der Waals surface area contributed by atoms with Crippen LogP contribution in [0.2, 0.25) is 0 Å². The smallest absolute Gasteiger partial charge is 0.308 e. The number of likely N-dealkylation sites (tertiary alicyclic amines) is 1. The standard InChI is InChI=1S/C21H23BrN2O5/c1-11-8-14(22)4-5-15(11)23-16(25)10-29-17(26)6-7-24-20(27)18-12-2-3-13(9-12)19(18)21(24)28/h4-5,8,12-13,18-19H,2-3,6-7,9-10H2,1H3,(H,23,25)/t12-,13-,18-,19-/m0/s1. The number of nitrogens with one attached hydrogen (secondary N) is 1. The molecule has 8 heteroatoms. The van der Waals surface area contributed by atoms with E-state index in [1.54, 1.807) is 12.1 Å². The zero-order valence-corrected chi connectivity index (χ0v) is 17.7. The fraction of sp³-hybridized carbons (Fsp3) is 0.524. The molecule has 4 atom stereocenters. The van der Waals surface area contributed by atoms with Crippen LogP contribution in [0, 0.1) is 30.6 Å². The summed E-state index contributed by atoms with van der Waals surface area (Å²) in [6, 6.07) is 5.43. The minimum absolute atomic E-state index is 0.0242. The second-order valence-electron chi connectivity index (χ2n) is 8.13. The molecule has 1 aliphatic heterocycles. The molecule has 29 heavy (non-hydrogen) atoms. The molecular weight excluding hydrogens is 440 g/mol. The second kappa shape index (κ2) is 7.89. The molecule has 0 spiro atoms. The van der Waals surface area contributed by atoms with Gasteiger partial charge in [-0.1, -0.05) is 15.9 Å². The summed E-state index contributed by atoms with van der Waals surface area (Å²) >= 11 is 3.36. The first-order valence-corrected chi connectivity index (χ1v) is 10.7. The molecule has 3 aliphatic rings. The molecule has 154 valence electrons. The summed E-state index contributed by atoms with van der Waals surface area (Å²) in [6.07, 6.45) is 2.92. The number of hydrogen-bond donors (Lipinski definition) is 1. The number of nitrogens with zero attached hydrogens (tertiary/aromatic N) is 1. The summed E-state index contributed by atoms with van der Waals surface area (Å²) in [7, 11) is 0. The van der Waals surface area contributed by atoms with E-state index in [9.17, 15) is 19.2 Å². The number of amides is 3. The Morgan fingerprint density at radius 2 is 1.83 bits per heavy atom. The molecule has 0 aromatic heterocycles. The first-order valence-electron chi connectivity index (χ1n) is 9.92. The normalized spacial score (nSPS) is 27.3. The minimum Gasteiger partial charge on any atom is -0.456 e. The highest BCUT2D eigenvalue weighted by Gasteiger charge is 2.60. The maximum Gasteiger partial charge on any atom is 0.308 e. The van der Waals surface area contributed by atoms with Gasteiger partial charge in [-0.15, -0.1) is 0 Å². The first kappa shape index (κ1) is 20.1. The van der Waals surface area contributed by atoms with Crippen LogP contribution in [0.25, 0.3) is 0 Å². The van der Waals surface area contributed by atoms with E-state index >= 15 is 0 Å². The first-order chi connectivity index (χ1) is 13.8. The number of rotatable bonds is 6. The third-order valence-electron chi connectivity index (χ3n) is 6.39. The van der Waals surface area contributed by atoms with Gasteiger partial charge in [-0.25, -0.2) is 0 Å². The Kier molecular flexibility index (Phi) is 5.46. The zero-order valence-electron chi connectivity index (χ0n) is 16.2. The fourth-order valence-electron chi connectivity index (χ4n) is 5.07. The van der Waals surface area contributed by atoms with Crippen molar-refractivity contribution in [2.45, 2.75) is 32.6 Å². The number of hydrogen-bond acceptors (Lipinski definition) is 5. The number of anilines is 1. The number of imide groups is 1. The van der Waals surface area contributed by atoms with Crippen LogP contribution in [-0.4, -0.2) is 41.7 Å². The Balaban J connectivity index is 1.24. The predicted molar refractivity (Wildman–Crippen MR) is 108 cm³/mol. The summed E-state index contributed by atoms with van der Waals surface area (Å²) in [5.74, 6) is -1.04. The Bertz CT molecular complexity index is 858. The molecule has 7 nitrogen and oxygen atoms in total. The van der Waals surface area contributed by atoms with E-state index in [0.29, 0.717) is 17.5 Å². The average molecular weight is 463 g/mol. The van der Waals surface area contributed by atoms with Gasteiger partial charge < -0.3 is 10.1 Å². The van der Waals surface area contributed by atoms with Gasteiger partial charge in [0.05, 0.1) is 18.3 Å². The van der Waals surface area contributed by atoms with Crippen molar-refractivity contribution in [3.8, 4) is 0 Å². The SMILES string of the molecule is Cc1cc(Br)ccc1NC(=O)COC(=O)CCN1C(=O)[C@H]2[C@H]3CC[C@@H](C3)[C@@H]2C1=O. The monoisotopic (exact) mass is 462 g/mol. The van der Waals surface area contributed by atoms with E-state index in [1.807, 2.05) is 13.0 Å². The summed E-state index contributed by atoms with van der Waals surface area (Å²) < 4.78 is 5.91. The van der Waals surface area contributed by atoms with Crippen molar-refractivity contribution in [3.05, 3.63) is 28.2 Å². The number of benzene rings is 1. The molecule has 1 aromatic rings. The molecule has 2 aliphatic carbocycles. The van der Waals surface area contributed by atoms with Gasteiger partial charge in [-0.05, 0) is 61.8 Å². The van der Waals surface area contributed by atoms with Crippen LogP contribution in [0.1, 0.15) is 31.2 Å². The minimum atomic E-state index is -0.603. The lowest BCUT2D eigenvalue weighted by atomic mass is 9.81. The zero-order chi connectivity index (χ0) is 20.7. The van der Waals surface area contributed by atoms with Crippen LogP contribution in [-0.2, 0) is 23.9 Å². The maximum atomic E-state index is 12.6. The second-order valence-corrected chi connectivity index (χ2v) is 9.05. The molecule has 1 heterocycles. The van der Waals surface area contributed by atoms with Gasteiger partial charge in [-0.3, -0.25) is 24.1 Å². The third-order valence-corrected chi connectivity index (χ3v) is 6.88. The number of halogens is 1. The molecule has 3 fully saturated rings. The molecule has 1 N–H and O–H groups in total. The molecule has 4 rings (SSSR count). The molecule has 1 aromatic carbocycles. The van der Waals surface area contributed by atoms with Gasteiger partial charge >= 0.3 is 5.97 Å². The van der Waals surface area contributed by atoms with E-state index in [4.69, 9.17) is 4.74 Å². The van der Waals surface area contributed by atoms with E-state index in [0.717, 1.165) is 29.3 Å². The van der Waals surface area contributed by atoms with Gasteiger partial charge in [0.15, 0.2) is 6.61 Å². The molecule has 2 bridgehead atoms. The van der Waals surface area contributed by atoms with Crippen molar-refractivity contribution in [2.75, 3.05) is 18.5 Å². The van der Waals surface area contributed by atoms with Crippen molar-refractivity contribution >= 4 is 45.3 Å². The Morgan fingerprint density at radius 1 is 1.17 bits per heavy atom. The van der Waals surface area contributed by atoms with Crippen molar-refractivity contribution in [3.63, 3.8) is 0 Å². The topological polar surface area (TPSA) is 92.8 Å². The summed E-state index contributed by atoms with van der Waals surface area (Å²) in [4.78, 5) is 50.5. The molecular formula is C21H23BrN2O5. The number of esters is 1. The van der Waals surface area contributed by atoms with Crippen LogP contribution in [0.3, 0.4) is 0 Å². The average Bonchev–Trinajstić information content (AvgIpc) is 3.35. The highest BCUT2D eigenvalue weighted by atomic mass is 79.9. The van der Waals surface area contributed by atoms with Gasteiger partial charge in [-0.2, -0.15) is 0 Å². The Morgan fingerprint density at radius 3 is 2.45 bits per heavy atom. The number of carbonyl (C=O) groups excluding carboxylic acids is 4. The third kappa shape index (κ3) is 3.82. The number of fused-ring (bicyclic) bond motifs is 5. The van der Waals surface area contributed by atoms with Crippen LogP contribution in [0.4, 0.5) is 5.69 Å². The van der Waals surface area contributed by atoms with Crippen LogP contribution in [0.15, 0.2) is 22.7 Å². The van der Waals surface area contributed by atoms with Crippen molar-refractivity contribution in [1.29, 1.82) is 0 Å². The number of ether oxygens (including phenoxy) is 1. The maximum absolute atomic E-state index is 12.6. The summed E-state index contributed by atoms with van der Waals surface area (Å²) in [6.45, 7) is 1.47. The molecule has 0 radical (unpaired) electrons. The number of aryl methyl sites for hydroxylation is 1. The number of carbonyl (C=O) groups is 4. The van der Waals surface area contributed by atoms with Gasteiger partial charge in [0.25, 0.3) is 5.91 Å². The van der Waals surface area contributed by atoms with Crippen LogP contribution < -0.4 is 5.32 Å². The Hall–Kier alpha value is -2.22. The van der Waals surface area contributed by atoms with E-state index in [1.165, 1.54) is 4.90 Å². The highest BCUT2D eigenvalue weighted by Crippen LogP contribution is 2.56. The highest BCUT2D eigenvalue weighted by molar-refractivity contribution is 9.10. The largest absolute Gasteiger partial charge is 0.456 e. The summed E-state index contributed by atoms with van der Waals surface area (Å²) in [5, 5.41) is 2.69.